The summed E-state index contributed by atoms with van der Waals surface area (Å²) in [5.74, 6) is 0.798. The lowest BCUT2D eigenvalue weighted by Crippen LogP contribution is -2.47. The molecule has 1 fully saturated rings. The molecule has 0 atom stereocenters. The lowest BCUT2D eigenvalue weighted by atomic mass is 10.0. The van der Waals surface area contributed by atoms with Gasteiger partial charge in [-0.2, -0.15) is 5.10 Å². The standard InChI is InChI=1S/C22H32N6O2/c1-25(19-10-15-26(16-11-19)14-9-18-7-4-5-12-23-18)21(29)17-28-22(30)27-13-6-2-3-8-20(27)24-28/h4-5,7,12,19H,2-3,6,8-11,13-17H2,1H3. The summed E-state index contributed by atoms with van der Waals surface area (Å²) in [6, 6.07) is 6.26. The number of likely N-dealkylation sites (tertiary alicyclic amines) is 1. The van der Waals surface area contributed by atoms with Crippen molar-refractivity contribution in [1.82, 2.24) is 29.1 Å². The fourth-order valence-electron chi connectivity index (χ4n) is 4.52. The topological polar surface area (TPSA) is 76.3 Å². The summed E-state index contributed by atoms with van der Waals surface area (Å²) < 4.78 is 3.11. The van der Waals surface area contributed by atoms with Crippen molar-refractivity contribution in [3.63, 3.8) is 0 Å². The number of hydrogen-bond donors (Lipinski definition) is 0. The molecule has 2 aliphatic rings. The molecule has 0 bridgehead atoms. The van der Waals surface area contributed by atoms with Crippen LogP contribution >= 0.6 is 0 Å². The number of pyridine rings is 1. The maximum absolute atomic E-state index is 12.8. The summed E-state index contributed by atoms with van der Waals surface area (Å²) in [5, 5.41) is 4.45. The van der Waals surface area contributed by atoms with Gasteiger partial charge in [-0.25, -0.2) is 9.48 Å². The first-order valence-electron chi connectivity index (χ1n) is 11.2. The van der Waals surface area contributed by atoms with Gasteiger partial charge in [0.25, 0.3) is 0 Å². The highest BCUT2D eigenvalue weighted by Gasteiger charge is 2.26. The number of likely N-dealkylation sites (N-methyl/N-ethyl adjacent to an activating group) is 1. The van der Waals surface area contributed by atoms with E-state index in [1.54, 1.807) is 4.57 Å². The van der Waals surface area contributed by atoms with E-state index in [9.17, 15) is 9.59 Å². The largest absolute Gasteiger partial charge is 0.346 e. The molecule has 2 aromatic heterocycles. The second-order valence-electron chi connectivity index (χ2n) is 8.47. The zero-order chi connectivity index (χ0) is 20.9. The number of rotatable bonds is 6. The molecule has 8 heteroatoms. The van der Waals surface area contributed by atoms with Crippen molar-refractivity contribution in [3.05, 3.63) is 46.4 Å². The third-order valence-corrected chi connectivity index (χ3v) is 6.48. The highest BCUT2D eigenvalue weighted by Crippen LogP contribution is 2.16. The number of fused-ring (bicyclic) bond motifs is 1. The summed E-state index contributed by atoms with van der Waals surface area (Å²) in [7, 11) is 1.86. The molecule has 2 aliphatic heterocycles. The first-order valence-corrected chi connectivity index (χ1v) is 11.2. The van der Waals surface area contributed by atoms with Gasteiger partial charge in [0, 0.05) is 64.0 Å². The monoisotopic (exact) mass is 412 g/mol. The van der Waals surface area contributed by atoms with E-state index in [4.69, 9.17) is 0 Å². The van der Waals surface area contributed by atoms with Crippen LogP contribution in [0.5, 0.6) is 0 Å². The summed E-state index contributed by atoms with van der Waals surface area (Å²) in [5.41, 5.74) is 0.980. The third kappa shape index (κ3) is 4.80. The van der Waals surface area contributed by atoms with Crippen molar-refractivity contribution < 1.29 is 4.79 Å². The van der Waals surface area contributed by atoms with Crippen molar-refractivity contribution >= 4 is 5.91 Å². The van der Waals surface area contributed by atoms with Gasteiger partial charge in [-0.1, -0.05) is 12.5 Å². The number of carbonyl (C=O) groups is 1. The van der Waals surface area contributed by atoms with Crippen molar-refractivity contribution in [3.8, 4) is 0 Å². The van der Waals surface area contributed by atoms with Crippen molar-refractivity contribution in [2.45, 2.75) is 64.1 Å². The highest BCUT2D eigenvalue weighted by molar-refractivity contribution is 5.75. The van der Waals surface area contributed by atoms with Gasteiger partial charge < -0.3 is 9.80 Å². The van der Waals surface area contributed by atoms with Gasteiger partial charge >= 0.3 is 5.69 Å². The molecule has 1 amide bonds. The van der Waals surface area contributed by atoms with Gasteiger partial charge in [-0.15, -0.1) is 0 Å². The average molecular weight is 413 g/mol. The van der Waals surface area contributed by atoms with Crippen molar-refractivity contribution in [1.29, 1.82) is 0 Å². The third-order valence-electron chi connectivity index (χ3n) is 6.48. The van der Waals surface area contributed by atoms with E-state index in [0.29, 0.717) is 0 Å². The number of hydrogen-bond acceptors (Lipinski definition) is 5. The SMILES string of the molecule is CN(C(=O)Cn1nc2n(c1=O)CCCCC2)C1CCN(CCc2ccccn2)CC1. The fraction of sp³-hybridized carbons (Fsp3) is 0.636. The zero-order valence-electron chi connectivity index (χ0n) is 17.9. The molecule has 162 valence electrons. The van der Waals surface area contributed by atoms with Gasteiger partial charge in [0.2, 0.25) is 5.91 Å². The molecule has 0 N–H and O–H groups in total. The van der Waals surface area contributed by atoms with Crippen LogP contribution in [0, 0.1) is 0 Å². The van der Waals surface area contributed by atoms with Crippen LogP contribution in [0.25, 0.3) is 0 Å². The van der Waals surface area contributed by atoms with Crippen LogP contribution in [0.1, 0.15) is 43.6 Å². The van der Waals surface area contributed by atoms with Crippen molar-refractivity contribution in [2.75, 3.05) is 26.7 Å². The van der Waals surface area contributed by atoms with Crippen molar-refractivity contribution in [2.24, 2.45) is 0 Å². The molecular formula is C22H32N6O2. The quantitative estimate of drug-likeness (QED) is 0.716. The second-order valence-corrected chi connectivity index (χ2v) is 8.47. The maximum Gasteiger partial charge on any atom is 0.346 e. The molecular weight excluding hydrogens is 380 g/mol. The van der Waals surface area contributed by atoms with Gasteiger partial charge in [-0.3, -0.25) is 14.3 Å². The molecule has 0 unspecified atom stereocenters. The summed E-state index contributed by atoms with van der Waals surface area (Å²) in [4.78, 5) is 34.1. The van der Waals surface area contributed by atoms with E-state index in [0.717, 1.165) is 82.6 Å². The summed E-state index contributed by atoms with van der Waals surface area (Å²) >= 11 is 0. The lowest BCUT2D eigenvalue weighted by molar-refractivity contribution is -0.133. The molecule has 4 heterocycles. The minimum Gasteiger partial charge on any atom is -0.341 e. The number of nitrogens with zero attached hydrogens (tertiary/aromatic N) is 6. The Labute approximate surface area is 177 Å². The highest BCUT2D eigenvalue weighted by atomic mass is 16.2. The van der Waals surface area contributed by atoms with Crippen LogP contribution in [0.2, 0.25) is 0 Å². The van der Waals surface area contributed by atoms with Gasteiger partial charge in [0.15, 0.2) is 0 Å². The molecule has 30 heavy (non-hydrogen) atoms. The van der Waals surface area contributed by atoms with E-state index < -0.39 is 0 Å². The number of piperidine rings is 1. The second kappa shape index (κ2) is 9.55. The summed E-state index contributed by atoms with van der Waals surface area (Å²) in [6.07, 6.45) is 8.72. The predicted molar refractivity (Wildman–Crippen MR) is 114 cm³/mol. The van der Waals surface area contributed by atoms with E-state index in [1.165, 1.54) is 4.68 Å². The van der Waals surface area contributed by atoms with Gasteiger partial charge in [0.1, 0.15) is 12.4 Å². The number of aromatic nitrogens is 4. The minimum atomic E-state index is -0.141. The lowest BCUT2D eigenvalue weighted by Gasteiger charge is -2.36. The smallest absolute Gasteiger partial charge is 0.341 e. The Hall–Kier alpha value is -2.48. The van der Waals surface area contributed by atoms with E-state index in [-0.39, 0.29) is 24.2 Å². The molecule has 8 nitrogen and oxygen atoms in total. The van der Waals surface area contributed by atoms with Gasteiger partial charge in [0.05, 0.1) is 0 Å². The van der Waals surface area contributed by atoms with E-state index >= 15 is 0 Å². The number of carbonyl (C=O) groups excluding carboxylic acids is 1. The minimum absolute atomic E-state index is 0.0303. The Morgan fingerprint density at radius 1 is 1.17 bits per heavy atom. The van der Waals surface area contributed by atoms with Gasteiger partial charge in [-0.05, 0) is 37.8 Å². The van der Waals surface area contributed by atoms with Crippen LogP contribution < -0.4 is 5.69 Å². The Balaban J connectivity index is 1.27. The fourth-order valence-corrected chi connectivity index (χ4v) is 4.52. The number of amides is 1. The van der Waals surface area contributed by atoms with E-state index in [1.807, 2.05) is 30.3 Å². The van der Waals surface area contributed by atoms with Crippen LogP contribution in [0.15, 0.2) is 29.2 Å². The average Bonchev–Trinajstić information content (AvgIpc) is 2.94. The first-order chi connectivity index (χ1) is 14.6. The number of aryl methyl sites for hydroxylation is 1. The molecule has 1 saturated heterocycles. The molecule has 0 saturated carbocycles. The Kier molecular flexibility index (Phi) is 6.62. The molecule has 0 aliphatic carbocycles. The molecule has 0 aromatic carbocycles. The Morgan fingerprint density at radius 2 is 2.00 bits per heavy atom. The van der Waals surface area contributed by atoms with Crippen LogP contribution in [-0.2, 0) is 30.7 Å². The van der Waals surface area contributed by atoms with Crippen LogP contribution in [0.3, 0.4) is 0 Å². The Morgan fingerprint density at radius 3 is 2.77 bits per heavy atom. The van der Waals surface area contributed by atoms with Crippen LogP contribution in [-0.4, -0.2) is 67.8 Å². The van der Waals surface area contributed by atoms with Crippen LogP contribution in [0.4, 0.5) is 0 Å². The molecule has 0 radical (unpaired) electrons. The van der Waals surface area contributed by atoms with E-state index in [2.05, 4.69) is 21.0 Å². The Bertz CT molecular complexity index is 898. The zero-order valence-corrected chi connectivity index (χ0v) is 17.9. The molecule has 4 rings (SSSR count). The first kappa shape index (κ1) is 20.8. The maximum atomic E-state index is 12.8. The molecule has 0 spiro atoms. The normalized spacial score (nSPS) is 18.0. The predicted octanol–water partition coefficient (Wildman–Crippen LogP) is 1.33. The molecule has 2 aromatic rings. The summed E-state index contributed by atoms with van der Waals surface area (Å²) in [6.45, 7) is 3.71.